The van der Waals surface area contributed by atoms with Gasteiger partial charge in [0.25, 0.3) is 5.56 Å². The summed E-state index contributed by atoms with van der Waals surface area (Å²) in [6.45, 7) is 0.226. The lowest BCUT2D eigenvalue weighted by molar-refractivity contribution is -0.122. The number of methoxy groups -OCH3 is 2. The number of hydrogen-bond acceptors (Lipinski definition) is 6. The number of amides is 2. The van der Waals surface area contributed by atoms with Crippen molar-refractivity contribution in [1.29, 1.82) is 0 Å². The lowest BCUT2D eigenvalue weighted by Crippen LogP contribution is -2.28. The van der Waals surface area contributed by atoms with Gasteiger partial charge in [-0.25, -0.2) is 4.98 Å². The Morgan fingerprint density at radius 2 is 1.94 bits per heavy atom. The number of carbonyl (C=O) groups is 2. The van der Waals surface area contributed by atoms with Crippen molar-refractivity contribution in [2.24, 2.45) is 13.0 Å². The summed E-state index contributed by atoms with van der Waals surface area (Å²) in [5.74, 6) is 0.112. The highest BCUT2D eigenvalue weighted by Gasteiger charge is 2.36. The standard InChI is InChI=1S/C22H22N4O5/c1-25-12-23-17-6-4-14(9-16(17)22(25)29)24-21(28)13-8-20(27)26(11-13)18-7-5-15(30-2)10-19(18)31-3/h4-7,9-10,12-13H,8,11H2,1-3H3,(H,24,28). The fraction of sp³-hybridized carbons (Fsp3) is 0.273. The van der Waals surface area contributed by atoms with Crippen LogP contribution < -0.4 is 25.2 Å². The van der Waals surface area contributed by atoms with Crippen molar-refractivity contribution in [3.8, 4) is 11.5 Å². The highest BCUT2D eigenvalue weighted by Crippen LogP contribution is 2.36. The highest BCUT2D eigenvalue weighted by atomic mass is 16.5. The third-order valence-electron chi connectivity index (χ3n) is 5.36. The average Bonchev–Trinajstić information content (AvgIpc) is 3.17. The van der Waals surface area contributed by atoms with Crippen molar-refractivity contribution in [2.45, 2.75) is 6.42 Å². The van der Waals surface area contributed by atoms with E-state index in [0.29, 0.717) is 33.8 Å². The number of rotatable bonds is 5. The molecule has 0 bridgehead atoms. The van der Waals surface area contributed by atoms with Crippen molar-refractivity contribution in [3.05, 3.63) is 53.1 Å². The average molecular weight is 422 g/mol. The summed E-state index contributed by atoms with van der Waals surface area (Å²) in [5.41, 5.74) is 1.42. The smallest absolute Gasteiger partial charge is 0.260 e. The molecule has 2 heterocycles. The maximum atomic E-state index is 12.8. The zero-order valence-corrected chi connectivity index (χ0v) is 17.4. The molecule has 1 aliphatic heterocycles. The Kier molecular flexibility index (Phi) is 5.33. The number of fused-ring (bicyclic) bond motifs is 1. The van der Waals surface area contributed by atoms with E-state index in [4.69, 9.17) is 9.47 Å². The molecule has 31 heavy (non-hydrogen) atoms. The van der Waals surface area contributed by atoms with Crippen LogP contribution in [-0.2, 0) is 16.6 Å². The van der Waals surface area contributed by atoms with E-state index in [1.807, 2.05) is 0 Å². The van der Waals surface area contributed by atoms with Crippen LogP contribution in [0.25, 0.3) is 10.9 Å². The van der Waals surface area contributed by atoms with Gasteiger partial charge in [0.05, 0.1) is 43.1 Å². The van der Waals surface area contributed by atoms with Gasteiger partial charge in [-0.15, -0.1) is 0 Å². The first-order valence-corrected chi connectivity index (χ1v) is 9.70. The summed E-state index contributed by atoms with van der Waals surface area (Å²) in [4.78, 5) is 43.5. The van der Waals surface area contributed by atoms with Crippen LogP contribution in [0.2, 0.25) is 0 Å². The molecule has 3 aromatic rings. The number of hydrogen-bond donors (Lipinski definition) is 1. The molecule has 9 heteroatoms. The maximum absolute atomic E-state index is 12.8. The van der Waals surface area contributed by atoms with Crippen LogP contribution in [0.1, 0.15) is 6.42 Å². The minimum Gasteiger partial charge on any atom is -0.497 e. The molecule has 9 nitrogen and oxygen atoms in total. The number of aryl methyl sites for hydroxylation is 1. The minimum atomic E-state index is -0.535. The Morgan fingerprint density at radius 1 is 1.13 bits per heavy atom. The Morgan fingerprint density at radius 3 is 2.68 bits per heavy atom. The number of aromatic nitrogens is 2. The molecule has 2 amide bonds. The van der Waals surface area contributed by atoms with Crippen molar-refractivity contribution in [1.82, 2.24) is 9.55 Å². The second-order valence-electron chi connectivity index (χ2n) is 7.32. The normalized spacial score (nSPS) is 15.9. The van der Waals surface area contributed by atoms with E-state index in [2.05, 4.69) is 10.3 Å². The Balaban J connectivity index is 1.53. The number of carbonyl (C=O) groups excluding carboxylic acids is 2. The fourth-order valence-electron chi connectivity index (χ4n) is 3.66. The van der Waals surface area contributed by atoms with Gasteiger partial charge in [0.1, 0.15) is 11.5 Å². The first kappa shape index (κ1) is 20.4. The van der Waals surface area contributed by atoms with Crippen LogP contribution in [0.3, 0.4) is 0 Å². The lowest BCUT2D eigenvalue weighted by atomic mass is 10.1. The highest BCUT2D eigenvalue weighted by molar-refractivity contribution is 6.04. The summed E-state index contributed by atoms with van der Waals surface area (Å²) in [6.07, 6.45) is 1.53. The molecule has 4 rings (SSSR count). The first-order chi connectivity index (χ1) is 14.9. The van der Waals surface area contributed by atoms with E-state index in [0.717, 1.165) is 0 Å². The molecule has 1 aliphatic rings. The largest absolute Gasteiger partial charge is 0.497 e. The number of benzene rings is 2. The summed E-state index contributed by atoms with van der Waals surface area (Å²) in [6, 6.07) is 10.1. The molecular formula is C22H22N4O5. The van der Waals surface area contributed by atoms with Crippen LogP contribution in [0.4, 0.5) is 11.4 Å². The van der Waals surface area contributed by atoms with Gasteiger partial charge in [0.2, 0.25) is 11.8 Å². The molecule has 1 N–H and O–H groups in total. The predicted molar refractivity (Wildman–Crippen MR) is 116 cm³/mol. The number of anilines is 2. The first-order valence-electron chi connectivity index (χ1n) is 9.70. The van der Waals surface area contributed by atoms with Crippen LogP contribution in [0, 0.1) is 5.92 Å². The number of nitrogens with one attached hydrogen (secondary N) is 1. The van der Waals surface area contributed by atoms with Crippen LogP contribution in [0.5, 0.6) is 11.5 Å². The van der Waals surface area contributed by atoms with E-state index in [-0.39, 0.29) is 30.3 Å². The van der Waals surface area contributed by atoms with Gasteiger partial charge in [0.15, 0.2) is 0 Å². The van der Waals surface area contributed by atoms with Gasteiger partial charge >= 0.3 is 0 Å². The zero-order valence-electron chi connectivity index (χ0n) is 17.4. The number of nitrogens with zero attached hydrogens (tertiary/aromatic N) is 3. The fourth-order valence-corrected chi connectivity index (χ4v) is 3.66. The molecule has 0 aliphatic carbocycles. The molecule has 1 atom stereocenters. The molecule has 1 aromatic heterocycles. The van der Waals surface area contributed by atoms with E-state index in [1.54, 1.807) is 55.5 Å². The van der Waals surface area contributed by atoms with Crippen molar-refractivity contribution in [3.63, 3.8) is 0 Å². The molecule has 2 aromatic carbocycles. The second-order valence-corrected chi connectivity index (χ2v) is 7.32. The molecule has 0 saturated carbocycles. The Bertz CT molecular complexity index is 1240. The predicted octanol–water partition coefficient (Wildman–Crippen LogP) is 1.94. The van der Waals surface area contributed by atoms with E-state index in [9.17, 15) is 14.4 Å². The Labute approximate surface area is 178 Å². The molecule has 1 saturated heterocycles. The van der Waals surface area contributed by atoms with Crippen LogP contribution in [0.15, 0.2) is 47.5 Å². The van der Waals surface area contributed by atoms with Gasteiger partial charge in [-0.3, -0.25) is 14.4 Å². The summed E-state index contributed by atoms with van der Waals surface area (Å²) >= 11 is 0. The minimum absolute atomic E-state index is 0.0813. The molecule has 1 unspecified atom stereocenters. The molecule has 160 valence electrons. The molecule has 0 radical (unpaired) electrons. The quantitative estimate of drug-likeness (QED) is 0.674. The summed E-state index contributed by atoms with van der Waals surface area (Å²) in [7, 11) is 4.68. The zero-order chi connectivity index (χ0) is 22.1. The summed E-state index contributed by atoms with van der Waals surface area (Å²) in [5, 5.41) is 3.23. The molecule has 0 spiro atoms. The molecule has 1 fully saturated rings. The van der Waals surface area contributed by atoms with Crippen LogP contribution in [-0.4, -0.2) is 42.1 Å². The number of ether oxygens (including phenoxy) is 2. The lowest BCUT2D eigenvalue weighted by Gasteiger charge is -2.20. The maximum Gasteiger partial charge on any atom is 0.260 e. The monoisotopic (exact) mass is 422 g/mol. The van der Waals surface area contributed by atoms with Crippen molar-refractivity contribution >= 4 is 34.1 Å². The molecular weight excluding hydrogens is 400 g/mol. The SMILES string of the molecule is COc1ccc(N2CC(C(=O)Nc3ccc4ncn(C)c(=O)c4c3)CC2=O)c(OC)c1. The summed E-state index contributed by atoms with van der Waals surface area (Å²) < 4.78 is 12.0. The van der Waals surface area contributed by atoms with Crippen LogP contribution >= 0.6 is 0 Å². The van der Waals surface area contributed by atoms with Gasteiger partial charge in [-0.1, -0.05) is 0 Å². The van der Waals surface area contributed by atoms with Gasteiger partial charge in [-0.05, 0) is 30.3 Å². The third kappa shape index (κ3) is 3.81. The van der Waals surface area contributed by atoms with Gasteiger partial charge < -0.3 is 24.3 Å². The van der Waals surface area contributed by atoms with E-state index < -0.39 is 5.92 Å². The Hall–Kier alpha value is -3.88. The van der Waals surface area contributed by atoms with Crippen molar-refractivity contribution in [2.75, 3.05) is 31.0 Å². The van der Waals surface area contributed by atoms with Gasteiger partial charge in [0, 0.05) is 31.8 Å². The van der Waals surface area contributed by atoms with E-state index >= 15 is 0 Å². The topological polar surface area (TPSA) is 103 Å². The third-order valence-corrected chi connectivity index (χ3v) is 5.36. The second kappa shape index (κ2) is 8.10. The van der Waals surface area contributed by atoms with E-state index in [1.165, 1.54) is 18.0 Å². The van der Waals surface area contributed by atoms with Gasteiger partial charge in [-0.2, -0.15) is 0 Å². The van der Waals surface area contributed by atoms with Crippen molar-refractivity contribution < 1.29 is 19.1 Å².